The fourth-order valence-electron chi connectivity index (χ4n) is 2.49. The number of anilines is 1. The molecule has 0 radical (unpaired) electrons. The Bertz CT molecular complexity index is 574. The number of hydrogen-bond acceptors (Lipinski definition) is 5. The molecule has 0 unspecified atom stereocenters. The van der Waals surface area contributed by atoms with Gasteiger partial charge in [-0.25, -0.2) is 9.67 Å². The molecule has 106 valence electrons. The summed E-state index contributed by atoms with van der Waals surface area (Å²) in [5.74, 6) is 1.65. The molecule has 3 rings (SSSR count). The minimum absolute atomic E-state index is 0.230. The Morgan fingerprint density at radius 3 is 2.70 bits per heavy atom. The molecule has 6 heteroatoms. The van der Waals surface area contributed by atoms with E-state index in [9.17, 15) is 0 Å². The third kappa shape index (κ3) is 2.74. The molecule has 0 N–H and O–H groups in total. The average molecular weight is 273 g/mol. The molecule has 1 saturated heterocycles. The van der Waals surface area contributed by atoms with E-state index in [1.54, 1.807) is 12.5 Å². The zero-order valence-corrected chi connectivity index (χ0v) is 11.9. The lowest BCUT2D eigenvalue weighted by Crippen LogP contribution is -2.39. The highest BCUT2D eigenvalue weighted by Gasteiger charge is 2.23. The summed E-state index contributed by atoms with van der Waals surface area (Å²) in [6, 6.07) is 3.96. The van der Waals surface area contributed by atoms with Crippen LogP contribution in [0.2, 0.25) is 0 Å². The van der Waals surface area contributed by atoms with Gasteiger partial charge in [0.05, 0.1) is 0 Å². The van der Waals surface area contributed by atoms with E-state index in [1.807, 2.05) is 30.8 Å². The minimum Gasteiger partial charge on any atom is -0.474 e. The zero-order chi connectivity index (χ0) is 13.9. The SMILES string of the molecule is Cc1ccnc(OC2CCN(c3ncnn3C)CC2)c1. The lowest BCUT2D eigenvalue weighted by Gasteiger charge is -2.32. The van der Waals surface area contributed by atoms with E-state index >= 15 is 0 Å². The zero-order valence-electron chi connectivity index (χ0n) is 11.9. The highest BCUT2D eigenvalue weighted by molar-refractivity contribution is 5.29. The first-order valence-electron chi connectivity index (χ1n) is 6.90. The largest absolute Gasteiger partial charge is 0.474 e. The topological polar surface area (TPSA) is 56.1 Å². The Balaban J connectivity index is 1.58. The molecule has 0 spiro atoms. The van der Waals surface area contributed by atoms with Crippen molar-refractivity contribution >= 4 is 5.95 Å². The van der Waals surface area contributed by atoms with Crippen molar-refractivity contribution in [3.8, 4) is 5.88 Å². The predicted molar refractivity (Wildman–Crippen MR) is 75.8 cm³/mol. The Labute approximate surface area is 118 Å². The third-order valence-corrected chi connectivity index (χ3v) is 3.59. The molecule has 0 saturated carbocycles. The van der Waals surface area contributed by atoms with Gasteiger partial charge in [0.25, 0.3) is 0 Å². The fourth-order valence-corrected chi connectivity index (χ4v) is 2.49. The van der Waals surface area contributed by atoms with Crippen molar-refractivity contribution in [2.24, 2.45) is 7.05 Å². The van der Waals surface area contributed by atoms with Gasteiger partial charge in [0.1, 0.15) is 12.4 Å². The van der Waals surface area contributed by atoms with Gasteiger partial charge in [-0.2, -0.15) is 10.1 Å². The molecule has 1 aliphatic heterocycles. The summed E-state index contributed by atoms with van der Waals surface area (Å²) in [6.45, 7) is 3.91. The molecule has 1 aliphatic rings. The molecule has 20 heavy (non-hydrogen) atoms. The van der Waals surface area contributed by atoms with E-state index in [1.165, 1.54) is 5.56 Å². The van der Waals surface area contributed by atoms with Gasteiger partial charge < -0.3 is 9.64 Å². The Morgan fingerprint density at radius 2 is 2.05 bits per heavy atom. The van der Waals surface area contributed by atoms with Gasteiger partial charge in [-0.15, -0.1) is 0 Å². The third-order valence-electron chi connectivity index (χ3n) is 3.59. The summed E-state index contributed by atoms with van der Waals surface area (Å²) in [7, 11) is 1.92. The van der Waals surface area contributed by atoms with E-state index in [0.717, 1.165) is 37.8 Å². The van der Waals surface area contributed by atoms with Crippen LogP contribution >= 0.6 is 0 Å². The quantitative estimate of drug-likeness (QED) is 0.849. The van der Waals surface area contributed by atoms with Crippen LogP contribution in [0.15, 0.2) is 24.7 Å². The van der Waals surface area contributed by atoms with Crippen LogP contribution in [0, 0.1) is 6.92 Å². The monoisotopic (exact) mass is 273 g/mol. The number of ether oxygens (including phenoxy) is 1. The van der Waals surface area contributed by atoms with Gasteiger partial charge in [-0.05, 0) is 18.6 Å². The summed E-state index contributed by atoms with van der Waals surface area (Å²) in [4.78, 5) is 10.8. The van der Waals surface area contributed by atoms with E-state index in [-0.39, 0.29) is 6.10 Å². The van der Waals surface area contributed by atoms with E-state index in [0.29, 0.717) is 0 Å². The van der Waals surface area contributed by atoms with E-state index < -0.39 is 0 Å². The van der Waals surface area contributed by atoms with Crippen molar-refractivity contribution in [2.45, 2.75) is 25.9 Å². The molecule has 0 aliphatic carbocycles. The molecule has 6 nitrogen and oxygen atoms in total. The van der Waals surface area contributed by atoms with Crippen molar-refractivity contribution in [1.82, 2.24) is 19.7 Å². The summed E-state index contributed by atoms with van der Waals surface area (Å²) >= 11 is 0. The first-order valence-corrected chi connectivity index (χ1v) is 6.90. The maximum Gasteiger partial charge on any atom is 0.223 e. The Hall–Kier alpha value is -2.11. The average Bonchev–Trinajstić information content (AvgIpc) is 2.86. The normalized spacial score (nSPS) is 16.4. The van der Waals surface area contributed by atoms with Crippen LogP contribution in [0.4, 0.5) is 5.95 Å². The summed E-state index contributed by atoms with van der Waals surface area (Å²) in [5, 5.41) is 4.11. The van der Waals surface area contributed by atoms with Gasteiger partial charge in [-0.3, -0.25) is 0 Å². The highest BCUT2D eigenvalue weighted by Crippen LogP contribution is 2.20. The molecule has 1 fully saturated rings. The number of pyridine rings is 1. The van der Waals surface area contributed by atoms with Crippen molar-refractivity contribution in [3.63, 3.8) is 0 Å². The second-order valence-corrected chi connectivity index (χ2v) is 5.16. The van der Waals surface area contributed by atoms with Crippen LogP contribution in [0.1, 0.15) is 18.4 Å². The van der Waals surface area contributed by atoms with Gasteiger partial charge in [0, 0.05) is 45.2 Å². The van der Waals surface area contributed by atoms with Gasteiger partial charge in [-0.1, -0.05) is 0 Å². The molecule has 2 aromatic rings. The Morgan fingerprint density at radius 1 is 1.25 bits per heavy atom. The maximum absolute atomic E-state index is 5.95. The van der Waals surface area contributed by atoms with Crippen LogP contribution in [0.5, 0.6) is 5.88 Å². The lowest BCUT2D eigenvalue weighted by molar-refractivity contribution is 0.163. The van der Waals surface area contributed by atoms with E-state index in [2.05, 4.69) is 20.0 Å². The maximum atomic E-state index is 5.95. The first-order chi connectivity index (χ1) is 9.72. The summed E-state index contributed by atoms with van der Waals surface area (Å²) in [5.41, 5.74) is 1.17. The standard InChI is InChI=1S/C14H19N5O/c1-11-3-6-15-13(9-11)20-12-4-7-19(8-5-12)14-16-10-17-18(14)2/h3,6,9-10,12H,4-5,7-8H2,1-2H3. The molecule has 0 aromatic carbocycles. The van der Waals surface area contributed by atoms with Crippen molar-refractivity contribution in [1.29, 1.82) is 0 Å². The van der Waals surface area contributed by atoms with Crippen LogP contribution in [0.25, 0.3) is 0 Å². The van der Waals surface area contributed by atoms with Gasteiger partial charge in [0.15, 0.2) is 0 Å². The highest BCUT2D eigenvalue weighted by atomic mass is 16.5. The van der Waals surface area contributed by atoms with Gasteiger partial charge in [0.2, 0.25) is 11.8 Å². The van der Waals surface area contributed by atoms with Crippen molar-refractivity contribution in [3.05, 3.63) is 30.2 Å². The summed E-state index contributed by atoms with van der Waals surface area (Å²) in [6.07, 6.45) is 5.56. The molecular weight excluding hydrogens is 254 g/mol. The summed E-state index contributed by atoms with van der Waals surface area (Å²) < 4.78 is 7.76. The minimum atomic E-state index is 0.230. The number of piperidine rings is 1. The second-order valence-electron chi connectivity index (χ2n) is 5.16. The lowest BCUT2D eigenvalue weighted by atomic mass is 10.1. The number of nitrogens with zero attached hydrogens (tertiary/aromatic N) is 5. The molecule has 3 heterocycles. The number of hydrogen-bond donors (Lipinski definition) is 0. The molecule has 0 bridgehead atoms. The molecule has 0 amide bonds. The second kappa shape index (κ2) is 5.48. The van der Waals surface area contributed by atoms with E-state index in [4.69, 9.17) is 4.74 Å². The van der Waals surface area contributed by atoms with Crippen LogP contribution in [-0.2, 0) is 7.05 Å². The smallest absolute Gasteiger partial charge is 0.223 e. The first kappa shape index (κ1) is 12.9. The van der Waals surface area contributed by atoms with Crippen molar-refractivity contribution < 1.29 is 4.74 Å². The predicted octanol–water partition coefficient (Wildman–Crippen LogP) is 1.57. The molecule has 2 aromatic heterocycles. The fraction of sp³-hybridized carbons (Fsp3) is 0.500. The van der Waals surface area contributed by atoms with Crippen molar-refractivity contribution in [2.75, 3.05) is 18.0 Å². The van der Waals surface area contributed by atoms with Crippen LogP contribution in [-0.4, -0.2) is 38.9 Å². The van der Waals surface area contributed by atoms with Gasteiger partial charge >= 0.3 is 0 Å². The van der Waals surface area contributed by atoms with Crippen LogP contribution in [0.3, 0.4) is 0 Å². The molecular formula is C14H19N5O. The molecule has 0 atom stereocenters. The van der Waals surface area contributed by atoms with Crippen LogP contribution < -0.4 is 9.64 Å². The number of aryl methyl sites for hydroxylation is 2. The number of aromatic nitrogens is 4. The Kier molecular flexibility index (Phi) is 3.54. The number of rotatable bonds is 3.